The third-order valence-corrected chi connectivity index (χ3v) is 5.68. The predicted molar refractivity (Wildman–Crippen MR) is 122 cm³/mol. The van der Waals surface area contributed by atoms with Gasteiger partial charge < -0.3 is 13.7 Å². The summed E-state index contributed by atoms with van der Waals surface area (Å²) in [5.41, 5.74) is 2.57. The number of benzene rings is 3. The van der Waals surface area contributed by atoms with Crippen molar-refractivity contribution in [2.75, 3.05) is 14.2 Å². The van der Waals surface area contributed by atoms with Crippen LogP contribution in [0.25, 0.3) is 0 Å². The van der Waals surface area contributed by atoms with Crippen LogP contribution in [0.2, 0.25) is 0 Å². The minimum atomic E-state index is -4.13. The Kier molecular flexibility index (Phi) is 7.43. The van der Waals surface area contributed by atoms with E-state index in [1.807, 2.05) is 0 Å². The summed E-state index contributed by atoms with van der Waals surface area (Å²) in [6.45, 7) is 0. The van der Waals surface area contributed by atoms with Crippen LogP contribution < -0.4 is 19.1 Å². The number of methoxy groups -OCH3 is 2. The van der Waals surface area contributed by atoms with Gasteiger partial charge in [0.05, 0.1) is 25.4 Å². The molecule has 1 N–H and O–H groups in total. The van der Waals surface area contributed by atoms with Crippen molar-refractivity contribution in [3.8, 4) is 17.2 Å². The number of hydrazone groups is 1. The Bertz CT molecular complexity index is 1340. The van der Waals surface area contributed by atoms with E-state index >= 15 is 0 Å². The monoisotopic (exact) mass is 485 g/mol. The lowest BCUT2D eigenvalue weighted by Gasteiger charge is -2.11. The fourth-order valence-electron chi connectivity index (χ4n) is 2.73. The van der Waals surface area contributed by atoms with Gasteiger partial charge in [-0.15, -0.1) is 0 Å². The van der Waals surface area contributed by atoms with Crippen molar-refractivity contribution < 1.29 is 31.8 Å². The van der Waals surface area contributed by atoms with Gasteiger partial charge in [0.1, 0.15) is 10.6 Å². The van der Waals surface area contributed by atoms with Crippen molar-refractivity contribution in [1.82, 2.24) is 5.43 Å². The van der Waals surface area contributed by atoms with E-state index < -0.39 is 20.9 Å². The molecule has 0 spiro atoms. The largest absolute Gasteiger partial charge is 0.497 e. The first-order chi connectivity index (χ1) is 16.2. The molecule has 3 rings (SSSR count). The van der Waals surface area contributed by atoms with E-state index in [0.29, 0.717) is 11.3 Å². The maximum atomic E-state index is 12.6. The quantitative estimate of drug-likeness (QED) is 0.210. The molecule has 0 bridgehead atoms. The van der Waals surface area contributed by atoms with Crippen LogP contribution in [0.3, 0.4) is 0 Å². The molecule has 0 unspecified atom stereocenters. The smallest absolute Gasteiger partial charge is 0.339 e. The van der Waals surface area contributed by atoms with Gasteiger partial charge in [-0.25, -0.2) is 5.43 Å². The van der Waals surface area contributed by atoms with Gasteiger partial charge in [-0.1, -0.05) is 6.07 Å². The molecule has 0 fully saturated rings. The average Bonchev–Trinajstić information content (AvgIpc) is 2.84. The molecule has 34 heavy (non-hydrogen) atoms. The number of carbonyl (C=O) groups is 1. The van der Waals surface area contributed by atoms with E-state index in [9.17, 15) is 23.3 Å². The van der Waals surface area contributed by atoms with Gasteiger partial charge in [0.15, 0.2) is 11.5 Å². The van der Waals surface area contributed by atoms with Crippen LogP contribution in [0.1, 0.15) is 15.9 Å². The maximum Gasteiger partial charge on any atom is 0.339 e. The van der Waals surface area contributed by atoms with Gasteiger partial charge >= 0.3 is 10.1 Å². The molecule has 1 amide bonds. The topological polar surface area (TPSA) is 146 Å². The molecule has 3 aromatic carbocycles. The fraction of sp³-hybridized carbons (Fsp3) is 0.0909. The number of nitro benzene ring substituents is 1. The number of nitrogens with one attached hydrogen (secondary N) is 1. The Hall–Kier alpha value is -4.45. The van der Waals surface area contributed by atoms with E-state index in [1.165, 1.54) is 81.1 Å². The Morgan fingerprint density at radius 2 is 1.74 bits per heavy atom. The first-order valence-corrected chi connectivity index (χ1v) is 11.0. The van der Waals surface area contributed by atoms with Crippen LogP contribution in [0.4, 0.5) is 5.69 Å². The Morgan fingerprint density at radius 3 is 2.38 bits per heavy atom. The first kappa shape index (κ1) is 24.2. The van der Waals surface area contributed by atoms with Crippen molar-refractivity contribution in [2.45, 2.75) is 4.90 Å². The molecule has 0 aliphatic rings. The van der Waals surface area contributed by atoms with E-state index in [2.05, 4.69) is 10.5 Å². The summed E-state index contributed by atoms with van der Waals surface area (Å²) in [6.07, 6.45) is 1.29. The number of hydrogen-bond donors (Lipinski definition) is 1. The van der Waals surface area contributed by atoms with Crippen LogP contribution in [0, 0.1) is 10.1 Å². The highest BCUT2D eigenvalue weighted by molar-refractivity contribution is 7.87. The third kappa shape index (κ3) is 5.86. The van der Waals surface area contributed by atoms with Gasteiger partial charge in [-0.05, 0) is 54.1 Å². The van der Waals surface area contributed by atoms with E-state index in [0.717, 1.165) is 6.07 Å². The molecule has 0 aliphatic heterocycles. The first-order valence-electron chi connectivity index (χ1n) is 9.58. The number of rotatable bonds is 9. The van der Waals surface area contributed by atoms with Crippen LogP contribution >= 0.6 is 0 Å². The molecule has 176 valence electrons. The minimum absolute atomic E-state index is 0.0453. The third-order valence-electron chi connectivity index (χ3n) is 4.43. The molecular weight excluding hydrogens is 466 g/mol. The molecule has 3 aromatic rings. The van der Waals surface area contributed by atoms with Crippen molar-refractivity contribution in [2.24, 2.45) is 5.10 Å². The van der Waals surface area contributed by atoms with Gasteiger partial charge in [0.25, 0.3) is 11.6 Å². The van der Waals surface area contributed by atoms with Gasteiger partial charge in [0, 0.05) is 17.7 Å². The molecule has 0 saturated carbocycles. The molecular formula is C22H19N3O8S. The average molecular weight is 485 g/mol. The summed E-state index contributed by atoms with van der Waals surface area (Å²) in [7, 11) is -1.32. The van der Waals surface area contributed by atoms with Crippen LogP contribution in [-0.2, 0) is 10.1 Å². The Morgan fingerprint density at radius 1 is 1.00 bits per heavy atom. The predicted octanol–water partition coefficient (Wildman–Crippen LogP) is 3.14. The zero-order valence-electron chi connectivity index (χ0n) is 18.0. The summed E-state index contributed by atoms with van der Waals surface area (Å²) in [4.78, 5) is 22.3. The molecule has 11 nitrogen and oxygen atoms in total. The number of hydrogen-bond acceptors (Lipinski definition) is 9. The highest BCUT2D eigenvalue weighted by Crippen LogP contribution is 2.30. The van der Waals surface area contributed by atoms with Gasteiger partial charge in [-0.3, -0.25) is 14.9 Å². The van der Waals surface area contributed by atoms with Crippen molar-refractivity contribution >= 4 is 27.9 Å². The lowest BCUT2D eigenvalue weighted by molar-refractivity contribution is -0.384. The normalized spacial score (nSPS) is 11.1. The minimum Gasteiger partial charge on any atom is -0.497 e. The molecule has 0 radical (unpaired) electrons. The maximum absolute atomic E-state index is 12.6. The zero-order valence-corrected chi connectivity index (χ0v) is 18.8. The second kappa shape index (κ2) is 10.4. The lowest BCUT2D eigenvalue weighted by atomic mass is 10.2. The van der Waals surface area contributed by atoms with E-state index in [1.54, 1.807) is 0 Å². The number of nitrogens with zero attached hydrogens (tertiary/aromatic N) is 2. The Labute approximate surface area is 194 Å². The number of carbonyl (C=O) groups excluding carboxylic acids is 1. The highest BCUT2D eigenvalue weighted by atomic mass is 32.2. The fourth-order valence-corrected chi connectivity index (χ4v) is 3.67. The van der Waals surface area contributed by atoms with E-state index in [-0.39, 0.29) is 27.6 Å². The standard InChI is InChI=1S/C22H19N3O8S/c1-31-18-7-9-19(10-8-18)34(29,30)33-20-11-6-15(12-21(20)32-2)14-23-24-22(26)16-4-3-5-17(13-16)25(27)28/h3-14H,1-2H3,(H,24,26)/b23-14-. The van der Waals surface area contributed by atoms with Crippen LogP contribution in [-0.4, -0.2) is 39.7 Å². The summed E-state index contributed by atoms with van der Waals surface area (Å²) in [5, 5.41) is 14.7. The number of nitro groups is 1. The second-order valence-electron chi connectivity index (χ2n) is 6.63. The lowest BCUT2D eigenvalue weighted by Crippen LogP contribution is -2.17. The summed E-state index contributed by atoms with van der Waals surface area (Å²) in [5.74, 6) is -0.0719. The van der Waals surface area contributed by atoms with Crippen molar-refractivity contribution in [3.63, 3.8) is 0 Å². The zero-order chi connectivity index (χ0) is 24.7. The molecule has 0 saturated heterocycles. The second-order valence-corrected chi connectivity index (χ2v) is 8.18. The van der Waals surface area contributed by atoms with Crippen LogP contribution in [0.15, 0.2) is 76.7 Å². The molecule has 0 aromatic heterocycles. The highest BCUT2D eigenvalue weighted by Gasteiger charge is 2.19. The van der Waals surface area contributed by atoms with Crippen molar-refractivity contribution in [1.29, 1.82) is 0 Å². The van der Waals surface area contributed by atoms with Crippen molar-refractivity contribution in [3.05, 3.63) is 88.0 Å². The molecule has 0 atom stereocenters. The molecule has 0 heterocycles. The van der Waals surface area contributed by atoms with Crippen LogP contribution in [0.5, 0.6) is 17.2 Å². The Balaban J connectivity index is 1.72. The molecule has 12 heteroatoms. The van der Waals surface area contributed by atoms with Gasteiger partial charge in [-0.2, -0.15) is 13.5 Å². The summed E-state index contributed by atoms with van der Waals surface area (Å²) < 4.78 is 40.6. The SMILES string of the molecule is COc1ccc(S(=O)(=O)Oc2ccc(/C=N\NC(=O)c3cccc([N+](=O)[O-])c3)cc2OC)cc1. The van der Waals surface area contributed by atoms with Gasteiger partial charge in [0.2, 0.25) is 0 Å². The molecule has 0 aliphatic carbocycles. The number of ether oxygens (including phenoxy) is 2. The number of amides is 1. The summed E-state index contributed by atoms with van der Waals surface area (Å²) in [6, 6.07) is 15.2. The van der Waals surface area contributed by atoms with E-state index in [4.69, 9.17) is 13.7 Å². The summed E-state index contributed by atoms with van der Waals surface area (Å²) >= 11 is 0. The number of non-ortho nitro benzene ring substituents is 1.